The topological polar surface area (TPSA) is 31.1 Å². The lowest BCUT2D eigenvalue weighted by Crippen LogP contribution is -2.50. The third kappa shape index (κ3) is 2.81. The van der Waals surface area contributed by atoms with E-state index in [1.165, 1.54) is 17.3 Å². The van der Waals surface area contributed by atoms with Crippen LogP contribution in [0.5, 0.6) is 0 Å². The average molecular weight is 337 g/mol. The molecule has 0 spiro atoms. The molecular weight excluding hydrogens is 313 g/mol. The molecule has 2 heterocycles. The van der Waals surface area contributed by atoms with Gasteiger partial charge in [0.1, 0.15) is 5.82 Å². The maximum absolute atomic E-state index is 14.5. The lowest BCUT2D eigenvalue weighted by atomic mass is 10.0. The second-order valence-electron chi connectivity index (χ2n) is 6.89. The molecule has 1 fully saturated rings. The predicted octanol–water partition coefficient (Wildman–Crippen LogP) is 2.35. The number of nitrogens with one attached hydrogen (secondary N) is 2. The van der Waals surface area contributed by atoms with E-state index in [2.05, 4.69) is 41.2 Å². The van der Waals surface area contributed by atoms with Crippen LogP contribution in [0, 0.1) is 5.82 Å². The summed E-state index contributed by atoms with van der Waals surface area (Å²) in [7, 11) is 0. The van der Waals surface area contributed by atoms with Gasteiger partial charge in [0.2, 0.25) is 0 Å². The molecule has 0 radical (unpaired) electrons. The number of nitrogens with zero attached hydrogens (tertiary/aromatic N) is 1. The van der Waals surface area contributed by atoms with Gasteiger partial charge >= 0.3 is 0 Å². The number of hydrogen-bond donors (Lipinski definition) is 2. The Kier molecular flexibility index (Phi) is 4.22. The van der Waals surface area contributed by atoms with Crippen molar-refractivity contribution in [2.45, 2.75) is 26.3 Å². The van der Waals surface area contributed by atoms with Crippen molar-refractivity contribution in [3.8, 4) is 11.1 Å². The van der Waals surface area contributed by atoms with E-state index in [0.717, 1.165) is 42.2 Å². The molecule has 25 heavy (non-hydrogen) atoms. The van der Waals surface area contributed by atoms with Crippen molar-refractivity contribution in [3.63, 3.8) is 0 Å². The fourth-order valence-electron chi connectivity index (χ4n) is 3.94. The number of aromatic nitrogens is 1. The largest absolute Gasteiger partial charge is 0.366 e. The van der Waals surface area contributed by atoms with Gasteiger partial charge in [-0.25, -0.2) is 4.39 Å². The molecule has 1 aliphatic carbocycles. The highest BCUT2D eigenvalue weighted by atomic mass is 19.1. The summed E-state index contributed by atoms with van der Waals surface area (Å²) in [6, 6.07) is 7.44. The number of aromatic amines is 1. The van der Waals surface area contributed by atoms with E-state index in [1.54, 1.807) is 6.07 Å². The highest BCUT2D eigenvalue weighted by Gasteiger charge is 2.24. The summed E-state index contributed by atoms with van der Waals surface area (Å²) < 4.78 is 14.5. The molecule has 3 nitrogen and oxygen atoms in total. The van der Waals surface area contributed by atoms with Crippen molar-refractivity contribution < 1.29 is 4.39 Å². The number of hydrogen-bond acceptors (Lipinski definition) is 2. The lowest BCUT2D eigenvalue weighted by Gasteiger charge is -2.38. The van der Waals surface area contributed by atoms with E-state index in [0.29, 0.717) is 11.6 Å². The maximum Gasteiger partial charge on any atom is 0.131 e. The van der Waals surface area contributed by atoms with E-state index in [4.69, 9.17) is 0 Å². The summed E-state index contributed by atoms with van der Waals surface area (Å²) in [6.07, 6.45) is 7.30. The Hall–Kier alpha value is -2.33. The Morgan fingerprint density at radius 3 is 2.80 bits per heavy atom. The van der Waals surface area contributed by atoms with E-state index < -0.39 is 0 Å². The molecular formula is C21H24FN3. The number of rotatable bonds is 2. The Balaban J connectivity index is 2.03. The summed E-state index contributed by atoms with van der Waals surface area (Å²) in [6.45, 7) is 7.32. The van der Waals surface area contributed by atoms with Gasteiger partial charge in [-0.05, 0) is 31.9 Å². The monoisotopic (exact) mass is 337 g/mol. The summed E-state index contributed by atoms with van der Waals surface area (Å²) >= 11 is 0. The van der Waals surface area contributed by atoms with E-state index in [-0.39, 0.29) is 5.82 Å². The van der Waals surface area contributed by atoms with Crippen LogP contribution in [0.25, 0.3) is 22.9 Å². The van der Waals surface area contributed by atoms with Crippen molar-refractivity contribution in [3.05, 3.63) is 58.5 Å². The lowest BCUT2D eigenvalue weighted by molar-refractivity contribution is 0.257. The Labute approximate surface area is 147 Å². The summed E-state index contributed by atoms with van der Waals surface area (Å²) in [4.78, 5) is 5.85. The molecule has 1 aromatic heterocycles. The highest BCUT2D eigenvalue weighted by Crippen LogP contribution is 2.24. The van der Waals surface area contributed by atoms with Gasteiger partial charge in [0.05, 0.1) is 0 Å². The van der Waals surface area contributed by atoms with Crippen molar-refractivity contribution >= 4 is 11.8 Å². The van der Waals surface area contributed by atoms with Crippen molar-refractivity contribution in [1.82, 2.24) is 15.2 Å². The van der Waals surface area contributed by atoms with Crippen molar-refractivity contribution in [1.29, 1.82) is 0 Å². The number of piperazine rings is 1. The van der Waals surface area contributed by atoms with Gasteiger partial charge in [-0.3, -0.25) is 0 Å². The molecule has 2 aromatic rings. The van der Waals surface area contributed by atoms with Crippen LogP contribution in [0.2, 0.25) is 0 Å². The normalized spacial score (nSPS) is 20.6. The number of H-pyrrole nitrogens is 1. The third-order valence-corrected chi connectivity index (χ3v) is 5.22. The van der Waals surface area contributed by atoms with Crippen LogP contribution >= 0.6 is 0 Å². The zero-order valence-electron chi connectivity index (χ0n) is 14.8. The zero-order chi connectivity index (χ0) is 17.4. The molecule has 130 valence electrons. The minimum Gasteiger partial charge on any atom is -0.366 e. The van der Waals surface area contributed by atoms with Crippen LogP contribution in [-0.4, -0.2) is 35.6 Å². The SMILES string of the molecule is CC1=CCC=c2[nH]cc(-c3ccccc3F)c2=C1N1CCNC[C@@H]1C. The number of benzene rings is 1. The first-order valence-electron chi connectivity index (χ1n) is 8.98. The summed E-state index contributed by atoms with van der Waals surface area (Å²) in [5.74, 6) is -0.178. The molecule has 1 aromatic carbocycles. The van der Waals surface area contributed by atoms with Crippen LogP contribution in [-0.2, 0) is 0 Å². The van der Waals surface area contributed by atoms with Gasteiger partial charge in [-0.1, -0.05) is 30.4 Å². The first-order valence-corrected chi connectivity index (χ1v) is 8.98. The first-order chi connectivity index (χ1) is 12.2. The van der Waals surface area contributed by atoms with E-state index in [9.17, 15) is 4.39 Å². The summed E-state index contributed by atoms with van der Waals surface area (Å²) in [5.41, 5.74) is 4.10. The van der Waals surface area contributed by atoms with Gasteiger partial charge in [0.25, 0.3) is 0 Å². The van der Waals surface area contributed by atoms with Gasteiger partial charge in [-0.2, -0.15) is 0 Å². The van der Waals surface area contributed by atoms with Gasteiger partial charge < -0.3 is 15.2 Å². The number of halogens is 1. The minimum absolute atomic E-state index is 0.178. The molecule has 0 unspecified atom stereocenters. The molecule has 0 amide bonds. The standard InChI is InChI=1S/C21H24FN3/c1-14-6-5-9-19-20(21(14)25-11-10-23-12-15(25)2)17(13-24-19)16-7-3-4-8-18(16)22/h3-4,6-9,13,15,23-24H,5,10-12H2,1-2H3/t15-/m0/s1. The molecule has 2 N–H and O–H groups in total. The minimum atomic E-state index is -0.178. The Morgan fingerprint density at radius 1 is 1.16 bits per heavy atom. The van der Waals surface area contributed by atoms with Crippen LogP contribution in [0.15, 0.2) is 42.1 Å². The van der Waals surface area contributed by atoms with Crippen LogP contribution < -0.4 is 15.9 Å². The second kappa shape index (κ2) is 6.52. The maximum atomic E-state index is 14.5. The number of fused-ring (bicyclic) bond motifs is 1. The molecule has 2 aliphatic rings. The smallest absolute Gasteiger partial charge is 0.131 e. The number of allylic oxidation sites excluding steroid dienone is 1. The molecule has 0 saturated carbocycles. The van der Waals surface area contributed by atoms with Gasteiger partial charge in [0.15, 0.2) is 0 Å². The Bertz CT molecular complexity index is 938. The summed E-state index contributed by atoms with van der Waals surface area (Å²) in [5, 5.41) is 5.68. The van der Waals surface area contributed by atoms with Crippen molar-refractivity contribution in [2.24, 2.45) is 0 Å². The molecule has 0 bridgehead atoms. The fraction of sp³-hybridized carbons (Fsp3) is 0.333. The molecule has 1 atom stereocenters. The molecule has 1 aliphatic heterocycles. The average Bonchev–Trinajstić information content (AvgIpc) is 2.93. The van der Waals surface area contributed by atoms with Crippen LogP contribution in [0.3, 0.4) is 0 Å². The third-order valence-electron chi connectivity index (χ3n) is 5.22. The zero-order valence-corrected chi connectivity index (χ0v) is 14.8. The Morgan fingerprint density at radius 2 is 2.00 bits per heavy atom. The van der Waals surface area contributed by atoms with E-state index in [1.807, 2.05) is 18.3 Å². The quantitative estimate of drug-likeness (QED) is 0.881. The van der Waals surface area contributed by atoms with Gasteiger partial charge in [-0.15, -0.1) is 0 Å². The van der Waals surface area contributed by atoms with Crippen LogP contribution in [0.1, 0.15) is 20.3 Å². The molecule has 4 heteroatoms. The molecule has 1 saturated heterocycles. The van der Waals surface area contributed by atoms with E-state index >= 15 is 0 Å². The second-order valence-corrected chi connectivity index (χ2v) is 6.89. The fourth-order valence-corrected chi connectivity index (χ4v) is 3.94. The highest BCUT2D eigenvalue weighted by molar-refractivity contribution is 5.74. The first kappa shape index (κ1) is 16.2. The van der Waals surface area contributed by atoms with Crippen LogP contribution in [0.4, 0.5) is 4.39 Å². The predicted molar refractivity (Wildman–Crippen MR) is 101 cm³/mol. The molecule has 4 rings (SSSR count). The van der Waals surface area contributed by atoms with Gasteiger partial charge in [0, 0.05) is 59.3 Å². The van der Waals surface area contributed by atoms with Crippen molar-refractivity contribution in [2.75, 3.05) is 19.6 Å².